The number of hydrogen-bond acceptors (Lipinski definition) is 8. The minimum Gasteiger partial charge on any atom is -0.491 e. The van der Waals surface area contributed by atoms with Gasteiger partial charge in [0.2, 0.25) is 5.91 Å². The van der Waals surface area contributed by atoms with Crippen molar-refractivity contribution in [1.29, 1.82) is 0 Å². The van der Waals surface area contributed by atoms with E-state index in [4.69, 9.17) is 14.2 Å². The van der Waals surface area contributed by atoms with Crippen LogP contribution in [0.1, 0.15) is 65.9 Å². The van der Waals surface area contributed by atoms with Crippen molar-refractivity contribution in [2.45, 2.75) is 84.1 Å². The number of hydrogen-bond donors (Lipinski definition) is 2. The van der Waals surface area contributed by atoms with Crippen LogP contribution in [0.5, 0.6) is 11.5 Å². The van der Waals surface area contributed by atoms with Crippen LogP contribution in [0.3, 0.4) is 0 Å². The van der Waals surface area contributed by atoms with Crippen molar-refractivity contribution in [2.24, 2.45) is 5.92 Å². The van der Waals surface area contributed by atoms with Crippen molar-refractivity contribution in [3.63, 3.8) is 0 Å². The molecule has 52 heavy (non-hydrogen) atoms. The van der Waals surface area contributed by atoms with Crippen LogP contribution in [-0.2, 0) is 20.9 Å². The number of benzene rings is 2. The topological polar surface area (TPSA) is 141 Å². The van der Waals surface area contributed by atoms with Crippen molar-refractivity contribution in [2.75, 3.05) is 57.3 Å². The van der Waals surface area contributed by atoms with E-state index in [2.05, 4.69) is 26.1 Å². The molecule has 284 valence electrons. The second kappa shape index (κ2) is 16.6. The highest BCUT2D eigenvalue weighted by Crippen LogP contribution is 2.35. The minimum absolute atomic E-state index is 0.134. The zero-order valence-corrected chi connectivity index (χ0v) is 32.4. The van der Waals surface area contributed by atoms with Gasteiger partial charge in [0.25, 0.3) is 5.91 Å². The number of piperidine rings is 1. The quantitative estimate of drug-likeness (QED) is 0.258. The predicted octanol–water partition coefficient (Wildman–Crippen LogP) is 5.74. The average molecular weight is 787 g/mol. The highest BCUT2D eigenvalue weighted by atomic mass is 79.9. The molecular formula is C38H52BrN5O8. The number of halogens is 1. The lowest BCUT2D eigenvalue weighted by Gasteiger charge is -2.38. The smallest absolute Gasteiger partial charge is 0.407 e. The lowest BCUT2D eigenvalue weighted by Crippen LogP contribution is -2.56. The number of carboxylic acid groups (broad SMARTS) is 1. The van der Waals surface area contributed by atoms with E-state index in [0.717, 1.165) is 48.0 Å². The summed E-state index contributed by atoms with van der Waals surface area (Å²) in [7, 11) is 0. The molecule has 4 amide bonds. The first-order valence-corrected chi connectivity index (χ1v) is 18.9. The summed E-state index contributed by atoms with van der Waals surface area (Å²) < 4.78 is 18.5. The molecule has 5 rings (SSSR count). The summed E-state index contributed by atoms with van der Waals surface area (Å²) in [5, 5.41) is 12.0. The molecule has 1 aliphatic carbocycles. The number of rotatable bonds is 12. The first kappa shape index (κ1) is 39.0. The molecule has 2 aromatic carbocycles. The normalized spacial score (nSPS) is 18.0. The van der Waals surface area contributed by atoms with Gasteiger partial charge in [0, 0.05) is 73.6 Å². The van der Waals surface area contributed by atoms with Crippen molar-refractivity contribution < 1.29 is 38.5 Å². The monoisotopic (exact) mass is 785 g/mol. The van der Waals surface area contributed by atoms with Crippen LogP contribution in [0.4, 0.5) is 15.3 Å². The molecule has 0 spiro atoms. The van der Waals surface area contributed by atoms with Gasteiger partial charge in [0.05, 0.1) is 12.5 Å². The molecule has 0 unspecified atom stereocenters. The molecule has 0 aromatic heterocycles. The van der Waals surface area contributed by atoms with Gasteiger partial charge < -0.3 is 44.2 Å². The second-order valence-electron chi connectivity index (χ2n) is 15.2. The number of alkyl carbamates (subject to hydrolysis) is 1. The van der Waals surface area contributed by atoms with Gasteiger partial charge in [-0.1, -0.05) is 28.1 Å². The largest absolute Gasteiger partial charge is 0.491 e. The summed E-state index contributed by atoms with van der Waals surface area (Å²) in [5.74, 6) is 0.972. The van der Waals surface area contributed by atoms with Crippen molar-refractivity contribution in [3.8, 4) is 11.5 Å². The fourth-order valence-electron chi connectivity index (χ4n) is 6.59. The molecule has 2 saturated heterocycles. The van der Waals surface area contributed by atoms with E-state index in [0.29, 0.717) is 37.7 Å². The maximum atomic E-state index is 14.2. The SMILES string of the molecule is CC(C)(C)OC(=O)NCCOc1cc(Br)ccc1CN(C(=O)[C@@H]1CCCN(c2cccc(OC(C)(C)C(=O)N3CCN(C(=O)O)CC3)c2)C1)C1CC1. The first-order chi connectivity index (χ1) is 24.6. The lowest BCUT2D eigenvalue weighted by atomic mass is 9.95. The molecule has 13 nitrogen and oxygen atoms in total. The molecule has 2 aliphatic heterocycles. The first-order valence-electron chi connectivity index (χ1n) is 18.1. The number of carbonyl (C=O) groups excluding carboxylic acids is 3. The van der Waals surface area contributed by atoms with Crippen LogP contribution in [0.15, 0.2) is 46.9 Å². The zero-order valence-electron chi connectivity index (χ0n) is 30.9. The zero-order chi connectivity index (χ0) is 37.6. The number of ether oxygens (including phenoxy) is 3. The third-order valence-corrected chi connectivity index (χ3v) is 9.84. The van der Waals surface area contributed by atoms with Crippen LogP contribution in [-0.4, -0.2) is 113 Å². The van der Waals surface area contributed by atoms with Crippen molar-refractivity contribution in [1.82, 2.24) is 20.0 Å². The van der Waals surface area contributed by atoms with E-state index < -0.39 is 23.4 Å². The van der Waals surface area contributed by atoms with Gasteiger partial charge in [0.15, 0.2) is 5.60 Å². The number of piperazine rings is 1. The summed E-state index contributed by atoms with van der Waals surface area (Å²) in [5.41, 5.74) is 0.0894. The summed E-state index contributed by atoms with van der Waals surface area (Å²) >= 11 is 3.54. The number of anilines is 1. The Labute approximate surface area is 314 Å². The van der Waals surface area contributed by atoms with Gasteiger partial charge in [-0.2, -0.15) is 0 Å². The van der Waals surface area contributed by atoms with E-state index in [-0.39, 0.29) is 50.0 Å². The fraction of sp³-hybridized carbons (Fsp3) is 0.579. The number of nitrogens with zero attached hydrogens (tertiary/aromatic N) is 4. The van der Waals surface area contributed by atoms with Gasteiger partial charge in [-0.05, 0) is 84.6 Å². The van der Waals surface area contributed by atoms with E-state index in [1.165, 1.54) is 4.90 Å². The molecule has 2 N–H and O–H groups in total. The molecule has 3 fully saturated rings. The highest BCUT2D eigenvalue weighted by Gasteiger charge is 2.39. The summed E-state index contributed by atoms with van der Waals surface area (Å²) in [4.78, 5) is 58.1. The van der Waals surface area contributed by atoms with Gasteiger partial charge in [0.1, 0.15) is 23.7 Å². The third-order valence-electron chi connectivity index (χ3n) is 9.35. The molecule has 1 saturated carbocycles. The van der Waals surface area contributed by atoms with Gasteiger partial charge in [-0.25, -0.2) is 9.59 Å². The Bertz CT molecular complexity index is 1600. The number of amides is 4. The van der Waals surface area contributed by atoms with Gasteiger partial charge >= 0.3 is 12.2 Å². The van der Waals surface area contributed by atoms with E-state index in [1.807, 2.05) is 68.1 Å². The number of nitrogens with one attached hydrogen (secondary N) is 1. The predicted molar refractivity (Wildman–Crippen MR) is 200 cm³/mol. The summed E-state index contributed by atoms with van der Waals surface area (Å²) in [6, 6.07) is 13.7. The van der Waals surface area contributed by atoms with Crippen LogP contribution in [0, 0.1) is 5.92 Å². The average Bonchev–Trinajstić information content (AvgIpc) is 3.94. The Kier molecular flexibility index (Phi) is 12.5. The second-order valence-corrected chi connectivity index (χ2v) is 16.1. The third kappa shape index (κ3) is 10.7. The maximum absolute atomic E-state index is 14.2. The van der Waals surface area contributed by atoms with Gasteiger partial charge in [-0.15, -0.1) is 0 Å². The standard InChI is InChI=1S/C38H52BrN5O8/c1-37(2,3)52-35(47)40-15-21-50-32-22-28(39)12-11-26(32)25-44(29-13-14-29)33(45)27-8-7-16-43(24-27)30-9-6-10-31(23-30)51-38(4,5)34(46)41-17-19-42(20-18-41)36(48)49/h6,9-12,22-23,27,29H,7-8,13-21,24-25H2,1-5H3,(H,40,47)(H,48,49)/t27-/m1/s1. The Balaban J connectivity index is 1.20. The van der Waals surface area contributed by atoms with Gasteiger partial charge in [-0.3, -0.25) is 9.59 Å². The molecule has 1 atom stereocenters. The van der Waals surface area contributed by atoms with E-state index in [9.17, 15) is 24.3 Å². The lowest BCUT2D eigenvalue weighted by molar-refractivity contribution is -0.147. The summed E-state index contributed by atoms with van der Waals surface area (Å²) in [6.07, 6.45) is 2.12. The molecule has 14 heteroatoms. The maximum Gasteiger partial charge on any atom is 0.407 e. The molecule has 2 aromatic rings. The Morgan fingerprint density at radius 3 is 2.33 bits per heavy atom. The Morgan fingerprint density at radius 1 is 0.942 bits per heavy atom. The minimum atomic E-state index is -1.15. The molecule has 3 aliphatic rings. The molecule has 0 bridgehead atoms. The molecule has 2 heterocycles. The van der Waals surface area contributed by atoms with Crippen LogP contribution >= 0.6 is 15.9 Å². The Hall–Kier alpha value is -4.20. The number of carbonyl (C=O) groups is 4. The van der Waals surface area contributed by atoms with E-state index in [1.54, 1.807) is 18.7 Å². The molecule has 0 radical (unpaired) electrons. The fourth-order valence-corrected chi connectivity index (χ4v) is 6.93. The van der Waals surface area contributed by atoms with Crippen LogP contribution in [0.25, 0.3) is 0 Å². The van der Waals surface area contributed by atoms with Crippen molar-refractivity contribution in [3.05, 3.63) is 52.5 Å². The van der Waals surface area contributed by atoms with E-state index >= 15 is 0 Å². The Morgan fingerprint density at radius 2 is 1.65 bits per heavy atom. The summed E-state index contributed by atoms with van der Waals surface area (Å²) in [6.45, 7) is 12.4. The van der Waals surface area contributed by atoms with Crippen LogP contribution in [0.2, 0.25) is 0 Å². The highest BCUT2D eigenvalue weighted by molar-refractivity contribution is 9.10. The van der Waals surface area contributed by atoms with Crippen molar-refractivity contribution >= 4 is 45.6 Å². The van der Waals surface area contributed by atoms with Crippen LogP contribution < -0.4 is 19.7 Å². The molecular weight excluding hydrogens is 734 g/mol.